The second kappa shape index (κ2) is 5.27. The van der Waals surface area contributed by atoms with E-state index in [1.54, 1.807) is 30.3 Å². The van der Waals surface area contributed by atoms with Gasteiger partial charge in [-0.3, -0.25) is 0 Å². The van der Waals surface area contributed by atoms with E-state index in [1.807, 2.05) is 0 Å². The van der Waals surface area contributed by atoms with Gasteiger partial charge in [-0.2, -0.15) is 0 Å². The van der Waals surface area contributed by atoms with E-state index >= 15 is 0 Å². The fourth-order valence-electron chi connectivity index (χ4n) is 2.44. The largest absolute Gasteiger partial charge is 0.384 e. The highest BCUT2D eigenvalue weighted by Gasteiger charge is 2.28. The molecule has 21 heavy (non-hydrogen) atoms. The zero-order valence-corrected chi connectivity index (χ0v) is 12.7. The van der Waals surface area contributed by atoms with E-state index in [1.165, 1.54) is 12.8 Å². The minimum Gasteiger partial charge on any atom is -0.384 e. The van der Waals surface area contributed by atoms with Gasteiger partial charge in [0.2, 0.25) is 10.0 Å². The molecule has 1 fully saturated rings. The molecule has 1 saturated carbocycles. The summed E-state index contributed by atoms with van der Waals surface area (Å²) in [6, 6.07) is 8.33. The van der Waals surface area contributed by atoms with Crippen LogP contribution in [0.25, 0.3) is 10.9 Å². The van der Waals surface area contributed by atoms with Gasteiger partial charge in [0.05, 0.1) is 10.4 Å². The van der Waals surface area contributed by atoms with Crippen LogP contribution >= 0.6 is 0 Å². The van der Waals surface area contributed by atoms with Crippen molar-refractivity contribution in [2.75, 3.05) is 12.3 Å². The van der Waals surface area contributed by atoms with E-state index < -0.39 is 10.0 Å². The molecule has 5 nitrogen and oxygen atoms in total. The normalized spacial score (nSPS) is 17.0. The predicted octanol–water partition coefficient (Wildman–Crippen LogP) is 2.14. The quantitative estimate of drug-likeness (QED) is 0.886. The van der Waals surface area contributed by atoms with Crippen molar-refractivity contribution < 1.29 is 8.42 Å². The Balaban J connectivity index is 1.82. The molecule has 1 heterocycles. The first kappa shape index (κ1) is 14.3. The van der Waals surface area contributed by atoms with Gasteiger partial charge in [-0.25, -0.2) is 18.1 Å². The van der Waals surface area contributed by atoms with Crippen molar-refractivity contribution in [2.45, 2.75) is 24.7 Å². The Morgan fingerprint density at radius 1 is 1.33 bits per heavy atom. The lowest BCUT2D eigenvalue weighted by molar-refractivity contribution is 0.492. The van der Waals surface area contributed by atoms with Gasteiger partial charge in [0.1, 0.15) is 5.82 Å². The number of nitrogen functional groups attached to an aromatic ring is 1. The Bertz CT molecular complexity index is 770. The van der Waals surface area contributed by atoms with E-state index in [0.29, 0.717) is 29.7 Å². The molecule has 3 N–H and O–H groups in total. The first-order chi connectivity index (χ1) is 9.95. The molecule has 1 aromatic carbocycles. The maximum Gasteiger partial charge on any atom is 0.240 e. The van der Waals surface area contributed by atoms with Crippen LogP contribution in [0.4, 0.5) is 5.82 Å². The highest BCUT2D eigenvalue weighted by molar-refractivity contribution is 7.89. The van der Waals surface area contributed by atoms with Crippen LogP contribution in [0.2, 0.25) is 0 Å². The monoisotopic (exact) mass is 305 g/mol. The maximum absolute atomic E-state index is 12.3. The molecule has 1 aromatic heterocycles. The van der Waals surface area contributed by atoms with Crippen LogP contribution in [-0.4, -0.2) is 19.9 Å². The lowest BCUT2D eigenvalue weighted by atomic mass is 10.1. The van der Waals surface area contributed by atoms with Crippen LogP contribution in [0.5, 0.6) is 0 Å². The van der Waals surface area contributed by atoms with Gasteiger partial charge < -0.3 is 5.73 Å². The van der Waals surface area contributed by atoms with Crippen LogP contribution in [0.3, 0.4) is 0 Å². The van der Waals surface area contributed by atoms with Gasteiger partial charge in [0.25, 0.3) is 0 Å². The number of fused-ring (bicyclic) bond motifs is 1. The Kier molecular flexibility index (Phi) is 3.59. The van der Waals surface area contributed by atoms with Crippen molar-refractivity contribution in [1.82, 2.24) is 9.71 Å². The topological polar surface area (TPSA) is 85.1 Å². The van der Waals surface area contributed by atoms with Gasteiger partial charge in [-0.05, 0) is 55.0 Å². The first-order valence-corrected chi connectivity index (χ1v) is 8.60. The molecule has 1 aliphatic rings. The molecule has 112 valence electrons. The lowest BCUT2D eigenvalue weighted by Crippen LogP contribution is -2.29. The molecule has 0 aliphatic heterocycles. The SMILES string of the molecule is CC(CNS(=O)(=O)c1ccc2nc(N)ccc2c1)C1CC1. The predicted molar refractivity (Wildman–Crippen MR) is 83.2 cm³/mol. The molecule has 6 heteroatoms. The van der Waals surface area contributed by atoms with Crippen LogP contribution < -0.4 is 10.5 Å². The number of nitrogens with one attached hydrogen (secondary N) is 1. The van der Waals surface area contributed by atoms with Crippen molar-refractivity contribution in [2.24, 2.45) is 11.8 Å². The van der Waals surface area contributed by atoms with Crippen molar-refractivity contribution >= 4 is 26.7 Å². The minimum absolute atomic E-state index is 0.268. The molecule has 0 bridgehead atoms. The van der Waals surface area contributed by atoms with Crippen molar-refractivity contribution in [3.8, 4) is 0 Å². The number of rotatable bonds is 5. The number of sulfonamides is 1. The van der Waals surface area contributed by atoms with Gasteiger partial charge >= 0.3 is 0 Å². The molecule has 1 unspecified atom stereocenters. The third-order valence-electron chi connectivity index (χ3n) is 4.01. The number of aromatic nitrogens is 1. The van der Waals surface area contributed by atoms with E-state index in [0.717, 1.165) is 5.39 Å². The summed E-state index contributed by atoms with van der Waals surface area (Å²) >= 11 is 0. The molecular weight excluding hydrogens is 286 g/mol. The van der Waals surface area contributed by atoms with E-state index in [-0.39, 0.29) is 4.90 Å². The second-order valence-electron chi connectivity index (χ2n) is 5.76. The van der Waals surface area contributed by atoms with Crippen LogP contribution in [0, 0.1) is 11.8 Å². The van der Waals surface area contributed by atoms with Crippen molar-refractivity contribution in [1.29, 1.82) is 0 Å². The molecule has 2 aromatic rings. The number of anilines is 1. The number of pyridine rings is 1. The Labute approximate surface area is 124 Å². The molecule has 0 saturated heterocycles. The Morgan fingerprint density at radius 3 is 2.81 bits per heavy atom. The number of hydrogen-bond donors (Lipinski definition) is 2. The van der Waals surface area contributed by atoms with Crippen LogP contribution in [0.1, 0.15) is 19.8 Å². The summed E-state index contributed by atoms with van der Waals surface area (Å²) in [5.41, 5.74) is 6.32. The average Bonchev–Trinajstić information content (AvgIpc) is 3.29. The number of nitrogens with two attached hydrogens (primary N) is 1. The zero-order chi connectivity index (χ0) is 15.0. The smallest absolute Gasteiger partial charge is 0.240 e. The van der Waals surface area contributed by atoms with Crippen LogP contribution in [0.15, 0.2) is 35.2 Å². The summed E-state index contributed by atoms with van der Waals surface area (Å²) in [4.78, 5) is 4.44. The van der Waals surface area contributed by atoms with Crippen molar-refractivity contribution in [3.05, 3.63) is 30.3 Å². The molecule has 1 aliphatic carbocycles. The highest BCUT2D eigenvalue weighted by Crippen LogP contribution is 2.36. The Morgan fingerprint density at radius 2 is 2.10 bits per heavy atom. The molecule has 3 rings (SSSR count). The Hall–Kier alpha value is -1.66. The molecular formula is C15H19N3O2S. The minimum atomic E-state index is -3.47. The third-order valence-corrected chi connectivity index (χ3v) is 5.44. The number of benzene rings is 1. The fourth-order valence-corrected chi connectivity index (χ4v) is 3.62. The number of nitrogens with zero attached hydrogens (tertiary/aromatic N) is 1. The summed E-state index contributed by atoms with van der Waals surface area (Å²) in [7, 11) is -3.47. The lowest BCUT2D eigenvalue weighted by Gasteiger charge is -2.12. The summed E-state index contributed by atoms with van der Waals surface area (Å²) < 4.78 is 27.4. The average molecular weight is 305 g/mol. The maximum atomic E-state index is 12.3. The molecule has 0 spiro atoms. The summed E-state index contributed by atoms with van der Waals surface area (Å²) in [5.74, 6) is 1.49. The molecule has 1 atom stereocenters. The van der Waals surface area contributed by atoms with Crippen molar-refractivity contribution in [3.63, 3.8) is 0 Å². The third kappa shape index (κ3) is 3.16. The first-order valence-electron chi connectivity index (χ1n) is 7.12. The summed E-state index contributed by atoms with van der Waals surface area (Å²) in [6.07, 6.45) is 2.43. The highest BCUT2D eigenvalue weighted by atomic mass is 32.2. The zero-order valence-electron chi connectivity index (χ0n) is 11.9. The standard InChI is InChI=1S/C15H19N3O2S/c1-10(11-2-3-11)9-17-21(19,20)13-5-6-14-12(8-13)4-7-15(16)18-14/h4-8,10-11,17H,2-3,9H2,1H3,(H2,16,18). The molecule has 0 radical (unpaired) electrons. The van der Waals surface area contributed by atoms with Crippen LogP contribution in [-0.2, 0) is 10.0 Å². The van der Waals surface area contributed by atoms with E-state index in [4.69, 9.17) is 5.73 Å². The van der Waals surface area contributed by atoms with E-state index in [2.05, 4.69) is 16.6 Å². The fraction of sp³-hybridized carbons (Fsp3) is 0.400. The summed E-state index contributed by atoms with van der Waals surface area (Å²) in [5, 5.41) is 0.766. The van der Waals surface area contributed by atoms with Gasteiger partial charge in [-0.1, -0.05) is 6.92 Å². The van der Waals surface area contributed by atoms with E-state index in [9.17, 15) is 8.42 Å². The number of hydrogen-bond acceptors (Lipinski definition) is 4. The van der Waals surface area contributed by atoms with Gasteiger partial charge in [-0.15, -0.1) is 0 Å². The second-order valence-corrected chi connectivity index (χ2v) is 7.52. The van der Waals surface area contributed by atoms with Gasteiger partial charge in [0, 0.05) is 11.9 Å². The van der Waals surface area contributed by atoms with Gasteiger partial charge in [0.15, 0.2) is 0 Å². The molecule has 0 amide bonds. The summed E-state index contributed by atoms with van der Waals surface area (Å²) in [6.45, 7) is 2.58.